The van der Waals surface area contributed by atoms with Crippen molar-refractivity contribution in [2.45, 2.75) is 0 Å². The normalized spacial score (nSPS) is 14.0. The molecule has 1 aliphatic heterocycles. The van der Waals surface area contributed by atoms with E-state index in [1.807, 2.05) is 35.2 Å². The number of anilines is 1. The first-order chi connectivity index (χ1) is 14.2. The van der Waals surface area contributed by atoms with Gasteiger partial charge in [0.1, 0.15) is 0 Å². The molecule has 1 amide bonds. The summed E-state index contributed by atoms with van der Waals surface area (Å²) in [5.74, 6) is 1.90. The number of carbonyl (C=O) groups excluding carboxylic acids is 1. The summed E-state index contributed by atoms with van der Waals surface area (Å²) in [5, 5.41) is 0.891. The number of carbonyl (C=O) groups is 1. The summed E-state index contributed by atoms with van der Waals surface area (Å²) in [6.07, 6.45) is 0. The highest BCUT2D eigenvalue weighted by Crippen LogP contribution is 2.29. The van der Waals surface area contributed by atoms with Gasteiger partial charge in [0.25, 0.3) is 5.91 Å². The molecule has 0 atom stereocenters. The number of hydrogen-bond acceptors (Lipinski definition) is 7. The van der Waals surface area contributed by atoms with Crippen LogP contribution in [-0.2, 0) is 0 Å². The first-order valence-electron chi connectivity index (χ1n) is 9.35. The lowest BCUT2D eigenvalue weighted by molar-refractivity contribution is 0.0746. The largest absolute Gasteiger partial charge is 0.493 e. The van der Waals surface area contributed by atoms with E-state index in [4.69, 9.17) is 9.47 Å². The van der Waals surface area contributed by atoms with Gasteiger partial charge in [-0.25, -0.2) is 0 Å². The van der Waals surface area contributed by atoms with Gasteiger partial charge < -0.3 is 19.3 Å². The van der Waals surface area contributed by atoms with E-state index in [-0.39, 0.29) is 5.91 Å². The lowest BCUT2D eigenvalue weighted by Crippen LogP contribution is -2.48. The van der Waals surface area contributed by atoms with Crippen LogP contribution in [0.25, 0.3) is 11.4 Å². The van der Waals surface area contributed by atoms with Crippen molar-refractivity contribution in [3.05, 3.63) is 54.1 Å². The van der Waals surface area contributed by atoms with E-state index in [9.17, 15) is 4.79 Å². The summed E-state index contributed by atoms with van der Waals surface area (Å²) in [5.41, 5.74) is 1.61. The number of aromatic nitrogens is 2. The van der Waals surface area contributed by atoms with E-state index in [0.29, 0.717) is 30.2 Å². The third-order valence-electron chi connectivity index (χ3n) is 4.92. The van der Waals surface area contributed by atoms with Crippen molar-refractivity contribution in [3.8, 4) is 22.9 Å². The second kappa shape index (κ2) is 8.48. The molecular formula is C21H22N4O3S. The maximum absolute atomic E-state index is 12.9. The monoisotopic (exact) mass is 410 g/mol. The molecule has 8 heteroatoms. The van der Waals surface area contributed by atoms with Gasteiger partial charge in [0, 0.05) is 48.8 Å². The quantitative estimate of drug-likeness (QED) is 0.644. The highest BCUT2D eigenvalue weighted by Gasteiger charge is 2.25. The maximum atomic E-state index is 12.9. The smallest absolute Gasteiger partial charge is 0.254 e. The highest BCUT2D eigenvalue weighted by molar-refractivity contribution is 7.09. The van der Waals surface area contributed by atoms with Crippen LogP contribution in [0.4, 0.5) is 5.13 Å². The first-order valence-corrected chi connectivity index (χ1v) is 10.1. The van der Waals surface area contributed by atoms with Crippen molar-refractivity contribution >= 4 is 22.6 Å². The molecule has 29 heavy (non-hydrogen) atoms. The minimum Gasteiger partial charge on any atom is -0.493 e. The zero-order valence-electron chi connectivity index (χ0n) is 16.4. The Morgan fingerprint density at radius 2 is 1.69 bits per heavy atom. The van der Waals surface area contributed by atoms with Crippen molar-refractivity contribution in [3.63, 3.8) is 0 Å². The van der Waals surface area contributed by atoms with E-state index in [1.165, 1.54) is 11.5 Å². The topological polar surface area (TPSA) is 67.8 Å². The molecule has 3 aromatic rings. The molecule has 0 N–H and O–H groups in total. The van der Waals surface area contributed by atoms with Crippen LogP contribution in [0.1, 0.15) is 10.4 Å². The summed E-state index contributed by atoms with van der Waals surface area (Å²) in [4.78, 5) is 21.6. The van der Waals surface area contributed by atoms with Crippen LogP contribution in [-0.4, -0.2) is 60.6 Å². The Balaban J connectivity index is 1.41. The van der Waals surface area contributed by atoms with E-state index < -0.39 is 0 Å². The van der Waals surface area contributed by atoms with Gasteiger partial charge in [-0.2, -0.15) is 9.36 Å². The van der Waals surface area contributed by atoms with Crippen LogP contribution in [0, 0.1) is 0 Å². The summed E-state index contributed by atoms with van der Waals surface area (Å²) in [6.45, 7) is 2.71. The molecule has 0 aliphatic carbocycles. The minimum atomic E-state index is -0.00663. The lowest BCUT2D eigenvalue weighted by atomic mass is 10.1. The van der Waals surface area contributed by atoms with E-state index in [0.717, 1.165) is 29.6 Å². The number of methoxy groups -OCH3 is 2. The average molecular weight is 410 g/mol. The summed E-state index contributed by atoms with van der Waals surface area (Å²) < 4.78 is 15.0. The molecule has 7 nitrogen and oxygen atoms in total. The van der Waals surface area contributed by atoms with Gasteiger partial charge in [0.2, 0.25) is 5.13 Å². The van der Waals surface area contributed by atoms with Crippen molar-refractivity contribution in [1.82, 2.24) is 14.3 Å². The Kier molecular flexibility index (Phi) is 5.62. The number of nitrogens with zero attached hydrogens (tertiary/aromatic N) is 4. The predicted molar refractivity (Wildman–Crippen MR) is 113 cm³/mol. The Morgan fingerprint density at radius 1 is 0.966 bits per heavy atom. The van der Waals surface area contributed by atoms with Crippen LogP contribution in [0.5, 0.6) is 11.5 Å². The molecular weight excluding hydrogens is 388 g/mol. The lowest BCUT2D eigenvalue weighted by Gasteiger charge is -2.34. The molecule has 2 heterocycles. The van der Waals surface area contributed by atoms with Crippen molar-refractivity contribution in [2.24, 2.45) is 0 Å². The second-order valence-corrected chi connectivity index (χ2v) is 7.35. The van der Waals surface area contributed by atoms with Crippen LogP contribution in [0.3, 0.4) is 0 Å². The van der Waals surface area contributed by atoms with Crippen LogP contribution >= 0.6 is 11.5 Å². The van der Waals surface area contributed by atoms with Gasteiger partial charge in [-0.15, -0.1) is 0 Å². The SMILES string of the molecule is COc1ccc(C(=O)N2CCN(c3nc(-c4ccccc4)ns3)CC2)cc1OC. The molecule has 1 fully saturated rings. The second-order valence-electron chi connectivity index (χ2n) is 6.62. The number of ether oxygens (including phenoxy) is 2. The van der Waals surface area contributed by atoms with Crippen LogP contribution in [0.15, 0.2) is 48.5 Å². The average Bonchev–Trinajstić information content (AvgIpc) is 3.29. The van der Waals surface area contributed by atoms with E-state index >= 15 is 0 Å². The Bertz CT molecular complexity index is 985. The third-order valence-corrected chi connectivity index (χ3v) is 5.69. The van der Waals surface area contributed by atoms with Gasteiger partial charge in [-0.1, -0.05) is 30.3 Å². The fourth-order valence-electron chi connectivity index (χ4n) is 3.30. The summed E-state index contributed by atoms with van der Waals surface area (Å²) >= 11 is 1.40. The molecule has 1 aromatic heterocycles. The highest BCUT2D eigenvalue weighted by atomic mass is 32.1. The van der Waals surface area contributed by atoms with Gasteiger partial charge in [-0.05, 0) is 18.2 Å². The zero-order chi connectivity index (χ0) is 20.2. The first kappa shape index (κ1) is 19.2. The number of piperazine rings is 1. The zero-order valence-corrected chi connectivity index (χ0v) is 17.2. The summed E-state index contributed by atoms with van der Waals surface area (Å²) in [7, 11) is 3.14. The number of amides is 1. The fourth-order valence-corrected chi connectivity index (χ4v) is 4.04. The minimum absolute atomic E-state index is 0.00663. The molecule has 1 saturated heterocycles. The molecule has 0 spiro atoms. The van der Waals surface area contributed by atoms with E-state index in [1.54, 1.807) is 32.4 Å². The van der Waals surface area contributed by atoms with Crippen LogP contribution in [0.2, 0.25) is 0 Å². The standard InChI is InChI=1S/C21H22N4O3S/c1-27-17-9-8-16(14-18(17)28-2)20(26)24-10-12-25(13-11-24)21-22-19(23-29-21)15-6-4-3-5-7-15/h3-9,14H,10-13H2,1-2H3. The molecule has 150 valence electrons. The Labute approximate surface area is 173 Å². The molecule has 0 bridgehead atoms. The molecule has 0 saturated carbocycles. The molecule has 4 rings (SSSR count). The molecule has 1 aliphatic rings. The molecule has 0 unspecified atom stereocenters. The van der Waals surface area contributed by atoms with Gasteiger partial charge in [0.15, 0.2) is 17.3 Å². The summed E-state index contributed by atoms with van der Waals surface area (Å²) in [6, 6.07) is 15.2. The van der Waals surface area contributed by atoms with Crippen molar-refractivity contribution in [1.29, 1.82) is 0 Å². The predicted octanol–water partition coefficient (Wildman–Crippen LogP) is 3.18. The molecule has 2 aromatic carbocycles. The number of rotatable bonds is 5. The number of hydrogen-bond donors (Lipinski definition) is 0. The van der Waals surface area contributed by atoms with Gasteiger partial charge >= 0.3 is 0 Å². The van der Waals surface area contributed by atoms with Gasteiger partial charge in [-0.3, -0.25) is 4.79 Å². The molecule has 0 radical (unpaired) electrons. The fraction of sp³-hybridized carbons (Fsp3) is 0.286. The maximum Gasteiger partial charge on any atom is 0.254 e. The van der Waals surface area contributed by atoms with Gasteiger partial charge in [0.05, 0.1) is 14.2 Å². The third kappa shape index (κ3) is 4.02. The Morgan fingerprint density at radius 3 is 2.38 bits per heavy atom. The van der Waals surface area contributed by atoms with Crippen molar-refractivity contribution < 1.29 is 14.3 Å². The van der Waals surface area contributed by atoms with E-state index in [2.05, 4.69) is 14.3 Å². The van der Waals surface area contributed by atoms with Crippen molar-refractivity contribution in [2.75, 3.05) is 45.3 Å². The Hall–Kier alpha value is -3.13. The van der Waals surface area contributed by atoms with Crippen LogP contribution < -0.4 is 14.4 Å². The number of benzene rings is 2.